The van der Waals surface area contributed by atoms with Gasteiger partial charge >= 0.3 is 11.9 Å². The lowest BCUT2D eigenvalue weighted by atomic mass is 10.6. The van der Waals surface area contributed by atoms with Crippen LogP contribution in [-0.2, 0) is 32.2 Å². The van der Waals surface area contributed by atoms with Gasteiger partial charge in [-0.15, -0.1) is 0 Å². The molecule has 0 aliphatic carbocycles. The van der Waals surface area contributed by atoms with Crippen molar-refractivity contribution in [2.45, 2.75) is 26.9 Å². The smallest absolute Gasteiger partial charge is 0.348 e. The lowest BCUT2D eigenvalue weighted by Crippen LogP contribution is -2.36. The molecule has 0 N–H and O–H groups in total. The number of carbonyl (C=O) groups excluding carboxylic acids is 2. The van der Waals surface area contributed by atoms with Crippen molar-refractivity contribution < 1.29 is 23.6 Å². The second kappa shape index (κ2) is 6.67. The van der Waals surface area contributed by atoms with E-state index < -0.39 is 0 Å². The average molecular weight is 241 g/mol. The van der Waals surface area contributed by atoms with E-state index in [0.717, 1.165) is 0 Å². The number of ether oxygens (including phenoxy) is 2. The van der Waals surface area contributed by atoms with Gasteiger partial charge in [-0.1, -0.05) is 0 Å². The van der Waals surface area contributed by atoms with E-state index >= 15 is 0 Å². The number of nitrogens with zero attached hydrogens (tertiary/aromatic N) is 2. The maximum Gasteiger partial charge on any atom is 0.348 e. The Hall–Kier alpha value is -1.85. The van der Waals surface area contributed by atoms with Crippen molar-refractivity contribution >= 4 is 11.9 Å². The topological polar surface area (TPSA) is 61.4 Å². The quantitative estimate of drug-likeness (QED) is 0.515. The van der Waals surface area contributed by atoms with Crippen LogP contribution in [0.5, 0.6) is 0 Å². The molecule has 0 atom stereocenters. The van der Waals surface area contributed by atoms with Crippen molar-refractivity contribution in [1.82, 2.24) is 4.57 Å². The Morgan fingerprint density at radius 2 is 1.82 bits per heavy atom. The molecule has 0 saturated carbocycles. The zero-order chi connectivity index (χ0) is 12.7. The Morgan fingerprint density at radius 3 is 2.47 bits per heavy atom. The van der Waals surface area contributed by atoms with E-state index in [9.17, 15) is 9.59 Å². The van der Waals surface area contributed by atoms with Gasteiger partial charge in [-0.2, -0.15) is 0 Å². The van der Waals surface area contributed by atoms with Crippen LogP contribution in [0.25, 0.3) is 0 Å². The molecule has 6 nitrogen and oxygen atoms in total. The van der Waals surface area contributed by atoms with Gasteiger partial charge in [0.15, 0.2) is 13.1 Å². The number of hydrogen-bond acceptors (Lipinski definition) is 4. The Kier molecular flexibility index (Phi) is 5.19. The van der Waals surface area contributed by atoms with Crippen molar-refractivity contribution in [2.24, 2.45) is 0 Å². The van der Waals surface area contributed by atoms with Gasteiger partial charge in [-0.25, -0.2) is 18.7 Å². The monoisotopic (exact) mass is 241 g/mol. The Labute approximate surface area is 99.7 Å². The minimum absolute atomic E-state index is 0.143. The zero-order valence-electron chi connectivity index (χ0n) is 10.1. The Morgan fingerprint density at radius 1 is 1.18 bits per heavy atom. The van der Waals surface area contributed by atoms with Crippen molar-refractivity contribution in [3.8, 4) is 0 Å². The summed E-state index contributed by atoms with van der Waals surface area (Å²) in [6.45, 7) is 4.53. The van der Waals surface area contributed by atoms with Gasteiger partial charge in [0.05, 0.1) is 13.2 Å². The van der Waals surface area contributed by atoms with E-state index in [1.54, 1.807) is 41.7 Å². The van der Waals surface area contributed by atoms with Gasteiger partial charge in [-0.3, -0.25) is 0 Å². The fraction of sp³-hybridized carbons (Fsp3) is 0.545. The third-order valence-electron chi connectivity index (χ3n) is 1.98. The van der Waals surface area contributed by atoms with Crippen LogP contribution in [0.1, 0.15) is 13.8 Å². The van der Waals surface area contributed by atoms with Gasteiger partial charge in [-0.05, 0) is 13.8 Å². The van der Waals surface area contributed by atoms with Gasteiger partial charge in [0.1, 0.15) is 12.4 Å². The second-order valence-electron chi connectivity index (χ2n) is 3.37. The van der Waals surface area contributed by atoms with E-state index in [4.69, 9.17) is 9.47 Å². The number of esters is 2. The predicted molar refractivity (Wildman–Crippen MR) is 57.9 cm³/mol. The molecule has 94 valence electrons. The highest BCUT2D eigenvalue weighted by atomic mass is 16.5. The summed E-state index contributed by atoms with van der Waals surface area (Å²) < 4.78 is 12.9. The number of rotatable bonds is 6. The van der Waals surface area contributed by atoms with Crippen LogP contribution < -0.4 is 4.57 Å². The SMILES string of the molecule is CCOC(=O)Cn1cc[n+](CC(=O)OCC)c1. The van der Waals surface area contributed by atoms with Crippen LogP contribution in [0.2, 0.25) is 0 Å². The van der Waals surface area contributed by atoms with E-state index in [2.05, 4.69) is 0 Å². The second-order valence-corrected chi connectivity index (χ2v) is 3.37. The van der Waals surface area contributed by atoms with Gasteiger partial charge in [0.25, 0.3) is 0 Å². The highest BCUT2D eigenvalue weighted by Crippen LogP contribution is 1.89. The summed E-state index contributed by atoms with van der Waals surface area (Å²) in [5.41, 5.74) is 0. The highest BCUT2D eigenvalue weighted by molar-refractivity contribution is 5.69. The molecule has 1 aromatic heterocycles. The van der Waals surface area contributed by atoms with E-state index in [0.29, 0.717) is 13.2 Å². The maximum atomic E-state index is 11.2. The molecule has 6 heteroatoms. The summed E-state index contributed by atoms with van der Waals surface area (Å²) in [5, 5.41) is 0. The van der Waals surface area contributed by atoms with Crippen LogP contribution in [0, 0.1) is 0 Å². The summed E-state index contributed by atoms with van der Waals surface area (Å²) in [6.07, 6.45) is 5.07. The average Bonchev–Trinajstić information content (AvgIpc) is 2.66. The zero-order valence-corrected chi connectivity index (χ0v) is 10.1. The molecule has 1 aromatic rings. The van der Waals surface area contributed by atoms with E-state index in [1.165, 1.54) is 0 Å². The normalized spacial score (nSPS) is 10.0. The molecule has 1 heterocycles. The molecule has 0 fully saturated rings. The highest BCUT2D eigenvalue weighted by Gasteiger charge is 2.12. The summed E-state index contributed by atoms with van der Waals surface area (Å²) in [4.78, 5) is 22.4. The number of aromatic nitrogens is 2. The molecule has 17 heavy (non-hydrogen) atoms. The van der Waals surface area contributed by atoms with Crippen molar-refractivity contribution in [3.63, 3.8) is 0 Å². The molecule has 0 amide bonds. The first-order valence-electron chi connectivity index (χ1n) is 5.51. The summed E-state index contributed by atoms with van der Waals surface area (Å²) in [7, 11) is 0. The fourth-order valence-corrected chi connectivity index (χ4v) is 1.34. The van der Waals surface area contributed by atoms with Crippen LogP contribution in [-0.4, -0.2) is 29.7 Å². The van der Waals surface area contributed by atoms with E-state index in [-0.39, 0.29) is 25.0 Å². The van der Waals surface area contributed by atoms with Crippen molar-refractivity contribution in [1.29, 1.82) is 0 Å². The molecule has 0 unspecified atom stereocenters. The van der Waals surface area contributed by atoms with Gasteiger partial charge in [0.2, 0.25) is 6.33 Å². The standard InChI is InChI=1S/C11H17N2O4/c1-3-16-10(14)7-12-5-6-13(9-12)8-11(15)17-4-2/h5-6,9H,3-4,7-8H2,1-2H3/q+1. The summed E-state index contributed by atoms with van der Waals surface area (Å²) >= 11 is 0. The molecule has 0 bridgehead atoms. The minimum atomic E-state index is -0.300. The molecule has 0 aliphatic heterocycles. The minimum Gasteiger partial charge on any atom is -0.463 e. The maximum absolute atomic E-state index is 11.2. The summed E-state index contributed by atoms with van der Waals surface area (Å²) in [5.74, 6) is -0.599. The first-order valence-corrected chi connectivity index (χ1v) is 5.51. The summed E-state index contributed by atoms with van der Waals surface area (Å²) in [6, 6.07) is 0. The van der Waals surface area contributed by atoms with Crippen LogP contribution in [0.3, 0.4) is 0 Å². The van der Waals surface area contributed by atoms with Crippen molar-refractivity contribution in [2.75, 3.05) is 13.2 Å². The van der Waals surface area contributed by atoms with Crippen LogP contribution >= 0.6 is 0 Å². The van der Waals surface area contributed by atoms with E-state index in [1.807, 2.05) is 0 Å². The van der Waals surface area contributed by atoms with Gasteiger partial charge in [0, 0.05) is 0 Å². The Bertz CT molecular complexity index is 352. The first kappa shape index (κ1) is 13.2. The number of carbonyl (C=O) groups is 2. The Balaban J connectivity index is 2.47. The molecule has 0 aliphatic rings. The molecule has 0 aromatic carbocycles. The van der Waals surface area contributed by atoms with Crippen molar-refractivity contribution in [3.05, 3.63) is 18.7 Å². The van der Waals surface area contributed by atoms with Crippen LogP contribution in [0.15, 0.2) is 18.7 Å². The third kappa shape index (κ3) is 4.67. The number of hydrogen-bond donors (Lipinski definition) is 0. The largest absolute Gasteiger partial charge is 0.463 e. The molecule has 0 saturated heterocycles. The third-order valence-corrected chi connectivity index (χ3v) is 1.98. The molecule has 1 rings (SSSR count). The number of imidazole rings is 1. The lowest BCUT2D eigenvalue weighted by Gasteiger charge is -1.98. The molecular weight excluding hydrogens is 224 g/mol. The lowest BCUT2D eigenvalue weighted by molar-refractivity contribution is -0.685. The molecule has 0 spiro atoms. The molecular formula is C11H17N2O4+. The molecule has 0 radical (unpaired) electrons. The predicted octanol–water partition coefficient (Wildman–Crippen LogP) is -0.0982. The fourth-order valence-electron chi connectivity index (χ4n) is 1.34. The van der Waals surface area contributed by atoms with Crippen LogP contribution in [0.4, 0.5) is 0 Å². The van der Waals surface area contributed by atoms with Gasteiger partial charge < -0.3 is 9.47 Å². The first-order chi connectivity index (χ1) is 8.15.